The Balaban J connectivity index is 1.97. The SMILES string of the molecule is CC(Sc1nc(C(C)C)cc(=O)[nH]1)C(=O)NCc1ccccc1. The first-order valence-electron chi connectivity index (χ1n) is 7.55. The van der Waals surface area contributed by atoms with E-state index in [9.17, 15) is 9.59 Å². The van der Waals surface area contributed by atoms with Gasteiger partial charge in [0.05, 0.1) is 10.9 Å². The van der Waals surface area contributed by atoms with Crippen LogP contribution in [-0.2, 0) is 11.3 Å². The Morgan fingerprint density at radius 3 is 2.61 bits per heavy atom. The van der Waals surface area contributed by atoms with Gasteiger partial charge in [0.1, 0.15) is 0 Å². The lowest BCUT2D eigenvalue weighted by atomic mass is 10.1. The van der Waals surface area contributed by atoms with Gasteiger partial charge in [-0.15, -0.1) is 0 Å². The maximum absolute atomic E-state index is 12.2. The molecule has 0 spiro atoms. The van der Waals surface area contributed by atoms with Gasteiger partial charge in [0.25, 0.3) is 5.56 Å². The first kappa shape index (κ1) is 17.3. The van der Waals surface area contributed by atoms with E-state index in [4.69, 9.17) is 0 Å². The van der Waals surface area contributed by atoms with Crippen molar-refractivity contribution in [1.82, 2.24) is 15.3 Å². The second-order valence-corrected chi connectivity index (χ2v) is 6.92. The molecular formula is C17H21N3O2S. The van der Waals surface area contributed by atoms with Gasteiger partial charge in [-0.05, 0) is 18.4 Å². The molecule has 122 valence electrons. The van der Waals surface area contributed by atoms with E-state index in [0.717, 1.165) is 11.3 Å². The maximum atomic E-state index is 12.2. The molecule has 0 fully saturated rings. The Kier molecular flexibility index (Phi) is 5.98. The molecule has 1 amide bonds. The number of H-pyrrole nitrogens is 1. The molecule has 6 heteroatoms. The normalized spacial score (nSPS) is 12.2. The van der Waals surface area contributed by atoms with Crippen molar-refractivity contribution in [2.75, 3.05) is 0 Å². The Bertz CT molecular complexity index is 713. The monoisotopic (exact) mass is 331 g/mol. The van der Waals surface area contributed by atoms with E-state index >= 15 is 0 Å². The number of carbonyl (C=O) groups excluding carboxylic acids is 1. The number of amides is 1. The van der Waals surface area contributed by atoms with E-state index in [-0.39, 0.29) is 22.6 Å². The minimum Gasteiger partial charge on any atom is -0.351 e. The Labute approximate surface area is 139 Å². The maximum Gasteiger partial charge on any atom is 0.251 e. The van der Waals surface area contributed by atoms with Crippen LogP contribution in [0.1, 0.15) is 37.9 Å². The Morgan fingerprint density at radius 1 is 1.26 bits per heavy atom. The number of aromatic amines is 1. The zero-order valence-corrected chi connectivity index (χ0v) is 14.3. The number of hydrogen-bond acceptors (Lipinski definition) is 4. The number of nitrogens with zero attached hydrogens (tertiary/aromatic N) is 1. The van der Waals surface area contributed by atoms with Gasteiger partial charge in [0.15, 0.2) is 5.16 Å². The molecule has 0 saturated heterocycles. The Morgan fingerprint density at radius 2 is 1.96 bits per heavy atom. The zero-order valence-electron chi connectivity index (χ0n) is 13.5. The van der Waals surface area contributed by atoms with Crippen molar-refractivity contribution in [2.24, 2.45) is 0 Å². The van der Waals surface area contributed by atoms with E-state index in [1.54, 1.807) is 6.92 Å². The summed E-state index contributed by atoms with van der Waals surface area (Å²) in [6, 6.07) is 11.2. The van der Waals surface area contributed by atoms with Gasteiger partial charge in [-0.25, -0.2) is 4.98 Å². The predicted molar refractivity (Wildman–Crippen MR) is 92.6 cm³/mol. The van der Waals surface area contributed by atoms with E-state index < -0.39 is 0 Å². The predicted octanol–water partition coefficient (Wildman–Crippen LogP) is 2.69. The number of aromatic nitrogens is 2. The van der Waals surface area contributed by atoms with Crippen LogP contribution in [0, 0.1) is 0 Å². The van der Waals surface area contributed by atoms with Crippen LogP contribution < -0.4 is 10.9 Å². The van der Waals surface area contributed by atoms with Gasteiger partial charge in [-0.1, -0.05) is 55.9 Å². The smallest absolute Gasteiger partial charge is 0.251 e. The first-order chi connectivity index (χ1) is 11.0. The third-order valence-electron chi connectivity index (χ3n) is 3.30. The van der Waals surface area contributed by atoms with Crippen LogP contribution in [0.5, 0.6) is 0 Å². The van der Waals surface area contributed by atoms with Crippen molar-refractivity contribution in [3.05, 3.63) is 58.0 Å². The van der Waals surface area contributed by atoms with Crippen LogP contribution in [0.25, 0.3) is 0 Å². The van der Waals surface area contributed by atoms with Gasteiger partial charge >= 0.3 is 0 Å². The summed E-state index contributed by atoms with van der Waals surface area (Å²) in [7, 11) is 0. The minimum atomic E-state index is -0.343. The molecule has 0 aliphatic carbocycles. The summed E-state index contributed by atoms with van der Waals surface area (Å²) in [5, 5.41) is 3.02. The second-order valence-electron chi connectivity index (χ2n) is 5.59. The number of benzene rings is 1. The van der Waals surface area contributed by atoms with E-state index in [0.29, 0.717) is 11.7 Å². The molecule has 2 rings (SSSR count). The highest BCUT2D eigenvalue weighted by molar-refractivity contribution is 8.00. The topological polar surface area (TPSA) is 74.8 Å². The number of carbonyl (C=O) groups is 1. The molecule has 2 N–H and O–H groups in total. The van der Waals surface area contributed by atoms with Crippen LogP contribution in [0.3, 0.4) is 0 Å². The summed E-state index contributed by atoms with van der Waals surface area (Å²) in [6.07, 6.45) is 0. The van der Waals surface area contributed by atoms with Gasteiger partial charge in [-0.3, -0.25) is 9.59 Å². The van der Waals surface area contributed by atoms with Gasteiger partial charge < -0.3 is 10.3 Å². The van der Waals surface area contributed by atoms with Crippen LogP contribution in [0.4, 0.5) is 0 Å². The van der Waals surface area contributed by atoms with Crippen LogP contribution >= 0.6 is 11.8 Å². The summed E-state index contributed by atoms with van der Waals surface area (Å²) in [5.41, 5.74) is 1.59. The molecule has 23 heavy (non-hydrogen) atoms. The number of thioether (sulfide) groups is 1. The lowest BCUT2D eigenvalue weighted by Gasteiger charge is -2.12. The molecule has 1 atom stereocenters. The van der Waals surface area contributed by atoms with Crippen molar-refractivity contribution in [3.63, 3.8) is 0 Å². The highest BCUT2D eigenvalue weighted by Crippen LogP contribution is 2.20. The minimum absolute atomic E-state index is 0.0866. The third kappa shape index (κ3) is 5.25. The molecule has 1 unspecified atom stereocenters. The molecule has 0 radical (unpaired) electrons. The second kappa shape index (κ2) is 7.97. The molecule has 1 heterocycles. The molecular weight excluding hydrogens is 310 g/mol. The van der Waals surface area contributed by atoms with Gasteiger partial charge in [0.2, 0.25) is 5.91 Å². The summed E-state index contributed by atoms with van der Waals surface area (Å²) in [6.45, 7) is 6.24. The van der Waals surface area contributed by atoms with Crippen molar-refractivity contribution >= 4 is 17.7 Å². The highest BCUT2D eigenvalue weighted by Gasteiger charge is 2.16. The fourth-order valence-corrected chi connectivity index (χ4v) is 2.80. The van der Waals surface area contributed by atoms with Crippen molar-refractivity contribution in [3.8, 4) is 0 Å². The molecule has 0 saturated carbocycles. The fraction of sp³-hybridized carbons (Fsp3) is 0.353. The summed E-state index contributed by atoms with van der Waals surface area (Å²) in [4.78, 5) is 30.9. The third-order valence-corrected chi connectivity index (χ3v) is 4.28. The number of rotatable bonds is 6. The first-order valence-corrected chi connectivity index (χ1v) is 8.43. The highest BCUT2D eigenvalue weighted by atomic mass is 32.2. The molecule has 1 aromatic heterocycles. The lowest BCUT2D eigenvalue weighted by molar-refractivity contribution is -0.120. The van der Waals surface area contributed by atoms with Crippen LogP contribution in [0.15, 0.2) is 46.3 Å². The quantitative estimate of drug-likeness (QED) is 0.630. The summed E-state index contributed by atoms with van der Waals surface area (Å²) >= 11 is 1.25. The largest absolute Gasteiger partial charge is 0.351 e. The summed E-state index contributed by atoms with van der Waals surface area (Å²) < 4.78 is 0. The van der Waals surface area contributed by atoms with Crippen molar-refractivity contribution in [2.45, 2.75) is 43.6 Å². The van der Waals surface area contributed by atoms with Crippen molar-refractivity contribution in [1.29, 1.82) is 0 Å². The molecule has 0 aliphatic rings. The fourth-order valence-electron chi connectivity index (χ4n) is 1.95. The van der Waals surface area contributed by atoms with E-state index in [1.807, 2.05) is 44.2 Å². The van der Waals surface area contributed by atoms with E-state index in [2.05, 4.69) is 15.3 Å². The number of nitrogens with one attached hydrogen (secondary N) is 2. The Hall–Kier alpha value is -2.08. The molecule has 5 nitrogen and oxygen atoms in total. The average Bonchev–Trinajstić information content (AvgIpc) is 2.52. The lowest BCUT2D eigenvalue weighted by Crippen LogP contribution is -2.30. The van der Waals surface area contributed by atoms with Gasteiger partial charge in [0, 0.05) is 12.6 Å². The molecule has 1 aromatic carbocycles. The van der Waals surface area contributed by atoms with Gasteiger partial charge in [-0.2, -0.15) is 0 Å². The van der Waals surface area contributed by atoms with E-state index in [1.165, 1.54) is 17.8 Å². The molecule has 0 aliphatic heterocycles. The standard InChI is InChI=1S/C17H21N3O2S/c1-11(2)14-9-15(21)20-17(19-14)23-12(3)16(22)18-10-13-7-5-4-6-8-13/h4-9,11-12H,10H2,1-3H3,(H,18,22)(H,19,20,21). The average molecular weight is 331 g/mol. The summed E-state index contributed by atoms with van der Waals surface area (Å²) in [5.74, 6) is 0.0790. The molecule has 0 bridgehead atoms. The van der Waals surface area contributed by atoms with Crippen molar-refractivity contribution < 1.29 is 4.79 Å². The van der Waals surface area contributed by atoms with Crippen LogP contribution in [-0.4, -0.2) is 21.1 Å². The molecule has 2 aromatic rings. The van der Waals surface area contributed by atoms with Crippen LogP contribution in [0.2, 0.25) is 0 Å². The number of hydrogen-bond donors (Lipinski definition) is 2. The zero-order chi connectivity index (χ0) is 16.8.